The fraction of sp³-hybridized carbons (Fsp3) is 0.455. The Morgan fingerprint density at radius 3 is 2.67 bits per heavy atom. The Labute approximate surface area is 121 Å². The largest absolute Gasteiger partial charge is 0.490 e. The molecule has 0 aliphatic heterocycles. The second-order valence-corrected chi connectivity index (χ2v) is 5.59. The lowest BCUT2D eigenvalue weighted by atomic mass is 10.3. The second-order valence-electron chi connectivity index (χ2n) is 3.82. The molecule has 0 bridgehead atoms. The molecular weight excluding hydrogens is 304 g/mol. The fourth-order valence-corrected chi connectivity index (χ4v) is 2.51. The second kappa shape index (κ2) is 7.88. The van der Waals surface area contributed by atoms with E-state index in [0.29, 0.717) is 0 Å². The molecule has 0 aliphatic carbocycles. The van der Waals surface area contributed by atoms with Crippen LogP contribution in [0.15, 0.2) is 23.1 Å². The van der Waals surface area contributed by atoms with Crippen LogP contribution < -0.4 is 9.46 Å². The molecule has 10 heteroatoms. The van der Waals surface area contributed by atoms with Crippen LogP contribution in [0.4, 0.5) is 5.69 Å². The molecule has 0 saturated heterocycles. The van der Waals surface area contributed by atoms with Crippen LogP contribution in [0.25, 0.3) is 0 Å². The van der Waals surface area contributed by atoms with E-state index >= 15 is 0 Å². The molecule has 1 aromatic rings. The smallest absolute Gasteiger partial charge is 0.312 e. The van der Waals surface area contributed by atoms with Crippen molar-refractivity contribution in [3.63, 3.8) is 0 Å². The lowest BCUT2D eigenvalue weighted by molar-refractivity contribution is -0.386. The van der Waals surface area contributed by atoms with Gasteiger partial charge in [0.1, 0.15) is 0 Å². The Bertz CT molecular complexity index is 588. The van der Waals surface area contributed by atoms with Gasteiger partial charge in [-0.25, -0.2) is 13.1 Å². The zero-order valence-corrected chi connectivity index (χ0v) is 12.1. The molecule has 0 fully saturated rings. The third kappa shape index (κ3) is 4.93. The Balaban J connectivity index is 2.83. The van der Waals surface area contributed by atoms with Gasteiger partial charge in [-0.2, -0.15) is 0 Å². The van der Waals surface area contributed by atoms with Gasteiger partial charge in [0.25, 0.3) is 0 Å². The summed E-state index contributed by atoms with van der Waals surface area (Å²) in [5.41, 5.74) is -0.433. The van der Waals surface area contributed by atoms with Gasteiger partial charge in [0.05, 0.1) is 36.7 Å². The molecular formula is C11H16N2O7S. The molecule has 0 radical (unpaired) electrons. The van der Waals surface area contributed by atoms with Crippen molar-refractivity contribution in [2.24, 2.45) is 0 Å². The van der Waals surface area contributed by atoms with E-state index in [1.54, 1.807) is 0 Å². The number of nitrogens with one attached hydrogen (secondary N) is 1. The van der Waals surface area contributed by atoms with Gasteiger partial charge in [0, 0.05) is 12.6 Å². The molecule has 1 rings (SSSR count). The Hall–Kier alpha value is -1.75. The monoisotopic (exact) mass is 320 g/mol. The number of hydrogen-bond acceptors (Lipinski definition) is 7. The maximum absolute atomic E-state index is 12.0. The predicted octanol–water partition coefficient (Wildman–Crippen LogP) is -0.109. The molecule has 9 nitrogen and oxygen atoms in total. The van der Waals surface area contributed by atoms with E-state index in [-0.39, 0.29) is 37.0 Å². The average Bonchev–Trinajstić information content (AvgIpc) is 2.46. The molecule has 0 spiro atoms. The number of sulfonamides is 1. The third-order valence-corrected chi connectivity index (χ3v) is 3.89. The summed E-state index contributed by atoms with van der Waals surface area (Å²) >= 11 is 0. The minimum absolute atomic E-state index is 0.0117. The van der Waals surface area contributed by atoms with E-state index in [2.05, 4.69) is 4.72 Å². The van der Waals surface area contributed by atoms with Gasteiger partial charge in [-0.05, 0) is 12.1 Å². The molecule has 0 aromatic heterocycles. The summed E-state index contributed by atoms with van der Waals surface area (Å²) in [7, 11) is -2.62. The summed E-state index contributed by atoms with van der Waals surface area (Å²) in [6.07, 6.45) is 0. The van der Waals surface area contributed by atoms with E-state index in [4.69, 9.17) is 14.6 Å². The summed E-state index contributed by atoms with van der Waals surface area (Å²) in [4.78, 5) is 9.90. The fourth-order valence-electron chi connectivity index (χ4n) is 1.48. The van der Waals surface area contributed by atoms with Gasteiger partial charge in [-0.15, -0.1) is 0 Å². The highest BCUT2D eigenvalue weighted by Gasteiger charge is 2.21. The van der Waals surface area contributed by atoms with Crippen LogP contribution in [0, 0.1) is 10.1 Å². The van der Waals surface area contributed by atoms with Gasteiger partial charge >= 0.3 is 5.69 Å². The summed E-state index contributed by atoms with van der Waals surface area (Å²) < 4.78 is 35.9. The SMILES string of the molecule is COc1ccc(S(=O)(=O)NCCOCCO)cc1[N+](=O)[O-]. The third-order valence-electron chi connectivity index (χ3n) is 2.43. The van der Waals surface area contributed by atoms with Crippen molar-refractivity contribution < 1.29 is 27.9 Å². The van der Waals surface area contributed by atoms with E-state index in [1.165, 1.54) is 19.2 Å². The Morgan fingerprint density at radius 2 is 2.10 bits per heavy atom. The summed E-state index contributed by atoms with van der Waals surface area (Å²) in [5, 5.41) is 19.4. The number of benzene rings is 1. The van der Waals surface area contributed by atoms with E-state index in [1.807, 2.05) is 0 Å². The highest BCUT2D eigenvalue weighted by atomic mass is 32.2. The van der Waals surface area contributed by atoms with Gasteiger partial charge in [0.15, 0.2) is 5.75 Å². The Morgan fingerprint density at radius 1 is 1.38 bits per heavy atom. The quantitative estimate of drug-likeness (QED) is 0.369. The van der Waals surface area contributed by atoms with Crippen molar-refractivity contribution in [3.05, 3.63) is 28.3 Å². The summed E-state index contributed by atoms with van der Waals surface area (Å²) in [6, 6.07) is 3.35. The van der Waals surface area contributed by atoms with Crippen molar-refractivity contribution in [2.45, 2.75) is 4.90 Å². The number of nitro groups is 1. The van der Waals surface area contributed by atoms with Crippen LogP contribution in [0.3, 0.4) is 0 Å². The van der Waals surface area contributed by atoms with Crippen molar-refractivity contribution in [2.75, 3.05) is 33.5 Å². The highest BCUT2D eigenvalue weighted by molar-refractivity contribution is 7.89. The number of nitro benzene ring substituents is 1. The number of hydrogen-bond donors (Lipinski definition) is 2. The van der Waals surface area contributed by atoms with E-state index < -0.39 is 20.6 Å². The van der Waals surface area contributed by atoms with Gasteiger partial charge in [0.2, 0.25) is 10.0 Å². The normalized spacial score (nSPS) is 11.3. The lowest BCUT2D eigenvalue weighted by Gasteiger charge is -2.08. The molecule has 1 aromatic carbocycles. The topological polar surface area (TPSA) is 128 Å². The van der Waals surface area contributed by atoms with E-state index in [0.717, 1.165) is 6.07 Å². The first-order chi connectivity index (χ1) is 9.92. The number of ether oxygens (including phenoxy) is 2. The zero-order chi connectivity index (χ0) is 15.9. The van der Waals surface area contributed by atoms with Gasteiger partial charge in [-0.3, -0.25) is 10.1 Å². The molecule has 0 amide bonds. The average molecular weight is 320 g/mol. The van der Waals surface area contributed by atoms with Crippen LogP contribution >= 0.6 is 0 Å². The number of methoxy groups -OCH3 is 1. The lowest BCUT2D eigenvalue weighted by Crippen LogP contribution is -2.27. The van der Waals surface area contributed by atoms with Crippen molar-refractivity contribution >= 4 is 15.7 Å². The summed E-state index contributed by atoms with van der Waals surface area (Å²) in [5.74, 6) is -0.0229. The van der Waals surface area contributed by atoms with E-state index in [9.17, 15) is 18.5 Å². The van der Waals surface area contributed by atoms with Crippen molar-refractivity contribution in [1.29, 1.82) is 0 Å². The molecule has 0 aliphatic rings. The minimum atomic E-state index is -3.88. The maximum atomic E-state index is 12.0. The number of rotatable bonds is 9. The molecule has 118 valence electrons. The molecule has 0 atom stereocenters. The van der Waals surface area contributed by atoms with Crippen LogP contribution in [0.2, 0.25) is 0 Å². The predicted molar refractivity (Wildman–Crippen MR) is 72.7 cm³/mol. The van der Waals surface area contributed by atoms with Crippen molar-refractivity contribution in [3.8, 4) is 5.75 Å². The van der Waals surface area contributed by atoms with Gasteiger partial charge in [-0.1, -0.05) is 0 Å². The molecule has 0 heterocycles. The first-order valence-electron chi connectivity index (χ1n) is 5.93. The first kappa shape index (κ1) is 17.3. The van der Waals surface area contributed by atoms with Crippen LogP contribution in [-0.2, 0) is 14.8 Å². The van der Waals surface area contributed by atoms with Crippen LogP contribution in [0.5, 0.6) is 5.75 Å². The zero-order valence-electron chi connectivity index (χ0n) is 11.3. The van der Waals surface area contributed by atoms with Gasteiger partial charge < -0.3 is 14.6 Å². The van der Waals surface area contributed by atoms with Crippen LogP contribution in [-0.4, -0.2) is 51.9 Å². The highest BCUT2D eigenvalue weighted by Crippen LogP contribution is 2.29. The Kier molecular flexibility index (Phi) is 6.49. The molecule has 21 heavy (non-hydrogen) atoms. The van der Waals surface area contributed by atoms with Crippen LogP contribution in [0.1, 0.15) is 0 Å². The number of nitrogens with zero attached hydrogens (tertiary/aromatic N) is 1. The first-order valence-corrected chi connectivity index (χ1v) is 7.41. The summed E-state index contributed by atoms with van der Waals surface area (Å²) in [6.45, 7) is 0.0212. The minimum Gasteiger partial charge on any atom is -0.490 e. The molecule has 0 unspecified atom stereocenters. The number of aliphatic hydroxyl groups excluding tert-OH is 1. The molecule has 0 saturated carbocycles. The number of aliphatic hydroxyl groups is 1. The molecule has 2 N–H and O–H groups in total. The maximum Gasteiger partial charge on any atom is 0.312 e. The van der Waals surface area contributed by atoms with Crippen molar-refractivity contribution in [1.82, 2.24) is 4.72 Å². The standard InChI is InChI=1S/C11H16N2O7S/c1-19-11-3-2-9(8-10(11)13(15)16)21(17,18)12-4-6-20-7-5-14/h2-3,8,12,14H,4-7H2,1H3.